The molecule has 5 heteroatoms. The van der Waals surface area contributed by atoms with Crippen LogP contribution in [0.25, 0.3) is 0 Å². The average molecular weight is 337 g/mol. The van der Waals surface area contributed by atoms with E-state index in [0.717, 1.165) is 5.69 Å². The molecule has 1 atom stereocenters. The molecule has 130 valence electrons. The van der Waals surface area contributed by atoms with Crippen molar-refractivity contribution < 1.29 is 9.53 Å². The Labute approximate surface area is 148 Å². The zero-order chi connectivity index (χ0) is 18.2. The van der Waals surface area contributed by atoms with Crippen molar-refractivity contribution in [3.05, 3.63) is 54.1 Å². The highest BCUT2D eigenvalue weighted by Gasteiger charge is 2.17. The van der Waals surface area contributed by atoms with Crippen LogP contribution < -0.4 is 10.1 Å². The standard InChI is InChI=1S/C20H23N3O2/c1-4-23(5-2)20(24)15(3)22-17-10-12-18(13-11-17)25-19-9-7-6-8-16(19)14-21/h6-13,15,22H,4-5H2,1-3H3. The number of nitriles is 1. The van der Waals surface area contributed by atoms with Crippen LogP contribution in [0.2, 0.25) is 0 Å². The number of carbonyl (C=O) groups excluding carboxylic acids is 1. The number of carbonyl (C=O) groups is 1. The van der Waals surface area contributed by atoms with Gasteiger partial charge < -0.3 is 15.0 Å². The summed E-state index contributed by atoms with van der Waals surface area (Å²) in [6, 6.07) is 16.2. The fraction of sp³-hybridized carbons (Fsp3) is 0.300. The molecule has 2 aromatic rings. The molecule has 0 aromatic heterocycles. The second-order valence-corrected chi connectivity index (χ2v) is 5.61. The van der Waals surface area contributed by atoms with Gasteiger partial charge in [-0.3, -0.25) is 4.79 Å². The number of benzene rings is 2. The van der Waals surface area contributed by atoms with Crippen LogP contribution >= 0.6 is 0 Å². The third-order valence-electron chi connectivity index (χ3n) is 3.92. The fourth-order valence-electron chi connectivity index (χ4n) is 2.52. The van der Waals surface area contributed by atoms with Crippen molar-refractivity contribution in [1.82, 2.24) is 4.90 Å². The molecular weight excluding hydrogens is 314 g/mol. The minimum atomic E-state index is -0.300. The maximum Gasteiger partial charge on any atom is 0.244 e. The first-order chi connectivity index (χ1) is 12.1. The van der Waals surface area contributed by atoms with Crippen molar-refractivity contribution in [2.45, 2.75) is 26.8 Å². The average Bonchev–Trinajstić information content (AvgIpc) is 2.64. The van der Waals surface area contributed by atoms with Crippen molar-refractivity contribution in [1.29, 1.82) is 5.26 Å². The third kappa shape index (κ3) is 4.74. The van der Waals surface area contributed by atoms with E-state index in [1.807, 2.05) is 51.1 Å². The Kier molecular flexibility index (Phi) is 6.41. The molecule has 0 spiro atoms. The van der Waals surface area contributed by atoms with Gasteiger partial charge in [-0.05, 0) is 57.2 Å². The van der Waals surface area contributed by atoms with Crippen LogP contribution in [0.15, 0.2) is 48.5 Å². The lowest BCUT2D eigenvalue weighted by molar-refractivity contribution is -0.131. The van der Waals surface area contributed by atoms with Crippen LogP contribution in [0.1, 0.15) is 26.3 Å². The first-order valence-electron chi connectivity index (χ1n) is 8.41. The van der Waals surface area contributed by atoms with E-state index in [9.17, 15) is 4.79 Å². The van der Waals surface area contributed by atoms with Gasteiger partial charge >= 0.3 is 0 Å². The lowest BCUT2D eigenvalue weighted by Crippen LogP contribution is -2.41. The molecule has 25 heavy (non-hydrogen) atoms. The summed E-state index contributed by atoms with van der Waals surface area (Å²) in [5.41, 5.74) is 1.33. The molecule has 0 fully saturated rings. The van der Waals surface area contributed by atoms with Gasteiger partial charge in [0, 0.05) is 18.8 Å². The minimum absolute atomic E-state index is 0.0771. The van der Waals surface area contributed by atoms with Crippen molar-refractivity contribution in [2.24, 2.45) is 0 Å². The summed E-state index contributed by atoms with van der Waals surface area (Å²) < 4.78 is 5.76. The van der Waals surface area contributed by atoms with E-state index >= 15 is 0 Å². The van der Waals surface area contributed by atoms with E-state index < -0.39 is 0 Å². The maximum atomic E-state index is 12.3. The molecule has 0 aliphatic carbocycles. The van der Waals surface area contributed by atoms with Crippen molar-refractivity contribution >= 4 is 11.6 Å². The molecule has 2 aromatic carbocycles. The number of nitrogens with zero attached hydrogens (tertiary/aromatic N) is 2. The number of ether oxygens (including phenoxy) is 1. The van der Waals surface area contributed by atoms with E-state index in [0.29, 0.717) is 30.2 Å². The highest BCUT2D eigenvalue weighted by atomic mass is 16.5. The molecule has 0 radical (unpaired) electrons. The molecule has 0 saturated heterocycles. The summed E-state index contributed by atoms with van der Waals surface area (Å²) >= 11 is 0. The second-order valence-electron chi connectivity index (χ2n) is 5.61. The Bertz CT molecular complexity index is 746. The zero-order valence-electron chi connectivity index (χ0n) is 14.8. The molecule has 0 aliphatic rings. The van der Waals surface area contributed by atoms with Crippen molar-refractivity contribution in [3.8, 4) is 17.6 Å². The van der Waals surface area contributed by atoms with Crippen LogP contribution in [0.5, 0.6) is 11.5 Å². The van der Waals surface area contributed by atoms with Crippen molar-refractivity contribution in [3.63, 3.8) is 0 Å². The first kappa shape index (κ1) is 18.3. The van der Waals surface area contributed by atoms with Gasteiger partial charge in [0.2, 0.25) is 5.91 Å². The van der Waals surface area contributed by atoms with Gasteiger partial charge in [-0.1, -0.05) is 12.1 Å². The van der Waals surface area contributed by atoms with Gasteiger partial charge in [0.25, 0.3) is 0 Å². The predicted octanol–water partition coefficient (Wildman–Crippen LogP) is 4.02. The summed E-state index contributed by atoms with van der Waals surface area (Å²) in [5, 5.41) is 12.3. The van der Waals surface area contributed by atoms with Crippen LogP contribution in [0.3, 0.4) is 0 Å². The lowest BCUT2D eigenvalue weighted by atomic mass is 10.2. The zero-order valence-corrected chi connectivity index (χ0v) is 14.8. The smallest absolute Gasteiger partial charge is 0.244 e. The van der Waals surface area contributed by atoms with E-state index in [1.165, 1.54) is 0 Å². The summed E-state index contributed by atoms with van der Waals surface area (Å²) in [7, 11) is 0. The molecule has 0 saturated carbocycles. The van der Waals surface area contributed by atoms with E-state index in [-0.39, 0.29) is 11.9 Å². The number of anilines is 1. The van der Waals surface area contributed by atoms with Crippen LogP contribution in [0, 0.1) is 11.3 Å². The highest BCUT2D eigenvalue weighted by molar-refractivity contribution is 5.84. The van der Waals surface area contributed by atoms with Crippen LogP contribution in [0.4, 0.5) is 5.69 Å². The number of nitrogens with one attached hydrogen (secondary N) is 1. The number of hydrogen-bond acceptors (Lipinski definition) is 4. The second kappa shape index (κ2) is 8.74. The summed E-state index contributed by atoms with van der Waals surface area (Å²) in [6.07, 6.45) is 0. The minimum Gasteiger partial charge on any atom is -0.456 e. The highest BCUT2D eigenvalue weighted by Crippen LogP contribution is 2.26. The number of para-hydroxylation sites is 1. The quantitative estimate of drug-likeness (QED) is 0.829. The number of likely N-dealkylation sites (N-methyl/N-ethyl adjacent to an activating group) is 1. The Morgan fingerprint density at radius 3 is 2.40 bits per heavy atom. The Morgan fingerprint density at radius 2 is 1.80 bits per heavy atom. The normalized spacial score (nSPS) is 11.3. The Hall–Kier alpha value is -3.00. The maximum absolute atomic E-state index is 12.3. The van der Waals surface area contributed by atoms with Gasteiger partial charge in [0.15, 0.2) is 0 Å². The monoisotopic (exact) mass is 337 g/mol. The summed E-state index contributed by atoms with van der Waals surface area (Å²) in [5.74, 6) is 1.24. The lowest BCUT2D eigenvalue weighted by Gasteiger charge is -2.24. The van der Waals surface area contributed by atoms with Crippen LogP contribution in [-0.4, -0.2) is 29.9 Å². The van der Waals surface area contributed by atoms with Crippen LogP contribution in [-0.2, 0) is 4.79 Å². The summed E-state index contributed by atoms with van der Waals surface area (Å²) in [4.78, 5) is 14.1. The molecule has 0 aliphatic heterocycles. The molecule has 5 nitrogen and oxygen atoms in total. The third-order valence-corrected chi connectivity index (χ3v) is 3.92. The van der Waals surface area contributed by atoms with Gasteiger partial charge in [-0.25, -0.2) is 0 Å². The first-order valence-corrected chi connectivity index (χ1v) is 8.41. The molecule has 0 heterocycles. The van der Waals surface area contributed by atoms with E-state index in [1.54, 1.807) is 23.1 Å². The number of amides is 1. The van der Waals surface area contributed by atoms with Crippen molar-refractivity contribution in [2.75, 3.05) is 18.4 Å². The largest absolute Gasteiger partial charge is 0.456 e. The fourth-order valence-corrected chi connectivity index (χ4v) is 2.52. The van der Waals surface area contributed by atoms with Gasteiger partial charge in [0.05, 0.1) is 5.56 Å². The summed E-state index contributed by atoms with van der Waals surface area (Å²) in [6.45, 7) is 7.20. The number of rotatable bonds is 7. The number of hydrogen-bond donors (Lipinski definition) is 1. The molecule has 1 unspecified atom stereocenters. The molecular formula is C20H23N3O2. The molecule has 1 amide bonds. The SMILES string of the molecule is CCN(CC)C(=O)C(C)Nc1ccc(Oc2ccccc2C#N)cc1. The van der Waals surface area contributed by atoms with E-state index in [2.05, 4.69) is 11.4 Å². The molecule has 1 N–H and O–H groups in total. The predicted molar refractivity (Wildman–Crippen MR) is 98.7 cm³/mol. The van der Waals surface area contributed by atoms with Gasteiger partial charge in [-0.2, -0.15) is 5.26 Å². The van der Waals surface area contributed by atoms with E-state index in [4.69, 9.17) is 10.00 Å². The Balaban J connectivity index is 2.02. The van der Waals surface area contributed by atoms with Gasteiger partial charge in [0.1, 0.15) is 23.6 Å². The molecule has 2 rings (SSSR count). The topological polar surface area (TPSA) is 65.4 Å². The molecule has 0 bridgehead atoms. The Morgan fingerprint density at radius 1 is 1.16 bits per heavy atom. The van der Waals surface area contributed by atoms with Gasteiger partial charge in [-0.15, -0.1) is 0 Å².